The van der Waals surface area contributed by atoms with Gasteiger partial charge in [-0.3, -0.25) is 4.90 Å². The Morgan fingerprint density at radius 1 is 0.977 bits per heavy atom. The minimum absolute atomic E-state index is 0.0976. The molecule has 4 rings (SSSR count). The number of nitrogens with zero attached hydrogens (tertiary/aromatic N) is 5. The average Bonchev–Trinajstić information content (AvgIpc) is 3.52. The monoisotopic (exact) mass is 617 g/mol. The number of aromatic nitrogens is 4. The second-order valence-electron chi connectivity index (χ2n) is 11.5. The highest BCUT2D eigenvalue weighted by atomic mass is 32.2. The first kappa shape index (κ1) is 32.7. The van der Waals surface area contributed by atoms with Crippen molar-refractivity contribution in [3.8, 4) is 5.69 Å². The van der Waals surface area contributed by atoms with Crippen LogP contribution in [-0.2, 0) is 25.9 Å². The minimum atomic E-state index is -3.87. The second kappa shape index (κ2) is 14.5. The SMILES string of the molecule is C[C@H](c1ccccc1)N(Cc1ccccc1)[C@H](/C=C/CCS(=O)(=O)c1nnnn1-c1ccccc1)[C@@H](O)C(=O)OC(C)(C)C. The summed E-state index contributed by atoms with van der Waals surface area (Å²) in [5.41, 5.74) is 1.70. The van der Waals surface area contributed by atoms with Gasteiger partial charge in [-0.25, -0.2) is 13.2 Å². The van der Waals surface area contributed by atoms with Crippen molar-refractivity contribution < 1.29 is 23.1 Å². The van der Waals surface area contributed by atoms with E-state index in [1.54, 1.807) is 57.2 Å². The Morgan fingerprint density at radius 2 is 1.57 bits per heavy atom. The molecule has 44 heavy (non-hydrogen) atoms. The van der Waals surface area contributed by atoms with Crippen LogP contribution in [0.4, 0.5) is 0 Å². The van der Waals surface area contributed by atoms with Crippen LogP contribution in [-0.4, -0.2) is 68.1 Å². The van der Waals surface area contributed by atoms with E-state index in [0.717, 1.165) is 11.1 Å². The fourth-order valence-electron chi connectivity index (χ4n) is 4.77. The topological polar surface area (TPSA) is 128 Å². The maximum atomic E-state index is 13.3. The molecule has 3 atom stereocenters. The third-order valence-electron chi connectivity index (χ3n) is 6.95. The second-order valence-corrected chi connectivity index (χ2v) is 13.5. The number of carbonyl (C=O) groups is 1. The van der Waals surface area contributed by atoms with Gasteiger partial charge in [0.1, 0.15) is 5.60 Å². The van der Waals surface area contributed by atoms with E-state index in [1.807, 2.05) is 78.6 Å². The lowest BCUT2D eigenvalue weighted by molar-refractivity contribution is -0.168. The summed E-state index contributed by atoms with van der Waals surface area (Å²) < 4.78 is 33.3. The van der Waals surface area contributed by atoms with E-state index >= 15 is 0 Å². The third-order valence-corrected chi connectivity index (χ3v) is 8.53. The summed E-state index contributed by atoms with van der Waals surface area (Å²) in [7, 11) is -3.87. The van der Waals surface area contributed by atoms with Crippen molar-refractivity contribution in [2.45, 2.75) is 69.6 Å². The van der Waals surface area contributed by atoms with E-state index < -0.39 is 33.6 Å². The van der Waals surface area contributed by atoms with Crippen LogP contribution in [0.25, 0.3) is 5.69 Å². The van der Waals surface area contributed by atoms with E-state index in [9.17, 15) is 18.3 Å². The fraction of sp³-hybridized carbons (Fsp3) is 0.333. The van der Waals surface area contributed by atoms with Crippen molar-refractivity contribution in [3.63, 3.8) is 0 Å². The average molecular weight is 618 g/mol. The van der Waals surface area contributed by atoms with Gasteiger partial charge in [0.15, 0.2) is 6.10 Å². The van der Waals surface area contributed by atoms with Crippen molar-refractivity contribution in [1.82, 2.24) is 25.1 Å². The lowest BCUT2D eigenvalue weighted by Gasteiger charge is -2.37. The van der Waals surface area contributed by atoms with Gasteiger partial charge in [-0.15, -0.1) is 0 Å². The molecule has 0 spiro atoms. The summed E-state index contributed by atoms with van der Waals surface area (Å²) in [5, 5.41) is 22.4. The molecular formula is C33H39N5O5S. The quantitative estimate of drug-likeness (QED) is 0.167. The number of ether oxygens (including phenoxy) is 1. The van der Waals surface area contributed by atoms with Gasteiger partial charge in [-0.1, -0.05) is 96.1 Å². The van der Waals surface area contributed by atoms with Crippen LogP contribution >= 0.6 is 0 Å². The predicted octanol–water partition coefficient (Wildman–Crippen LogP) is 4.72. The number of carbonyl (C=O) groups excluding carboxylic acids is 1. The van der Waals surface area contributed by atoms with Crippen molar-refractivity contribution in [2.24, 2.45) is 0 Å². The van der Waals surface area contributed by atoms with Crippen LogP contribution in [0, 0.1) is 0 Å². The maximum absolute atomic E-state index is 13.3. The number of esters is 1. The number of hydrogen-bond donors (Lipinski definition) is 1. The first-order chi connectivity index (χ1) is 21.0. The van der Waals surface area contributed by atoms with E-state index in [1.165, 1.54) is 4.68 Å². The minimum Gasteiger partial charge on any atom is -0.458 e. The zero-order chi connectivity index (χ0) is 31.7. The van der Waals surface area contributed by atoms with Crippen LogP contribution in [0.2, 0.25) is 0 Å². The number of hydrogen-bond acceptors (Lipinski definition) is 9. The zero-order valence-electron chi connectivity index (χ0n) is 25.4. The summed E-state index contributed by atoms with van der Waals surface area (Å²) in [6.45, 7) is 7.64. The Labute approximate surface area is 258 Å². The summed E-state index contributed by atoms with van der Waals surface area (Å²) in [5.74, 6) is -1.04. The predicted molar refractivity (Wildman–Crippen MR) is 167 cm³/mol. The molecule has 0 saturated carbocycles. The van der Waals surface area contributed by atoms with E-state index in [4.69, 9.17) is 4.74 Å². The molecule has 0 fully saturated rings. The number of sulfone groups is 1. The summed E-state index contributed by atoms with van der Waals surface area (Å²) in [6.07, 6.45) is 1.91. The van der Waals surface area contributed by atoms with E-state index in [-0.39, 0.29) is 23.4 Å². The Bertz CT molecular complexity index is 1620. The summed E-state index contributed by atoms with van der Waals surface area (Å²) in [6, 6.07) is 27.3. The summed E-state index contributed by atoms with van der Waals surface area (Å²) in [4.78, 5) is 15.2. The highest BCUT2D eigenvalue weighted by Crippen LogP contribution is 2.28. The van der Waals surface area contributed by atoms with Crippen LogP contribution in [0.1, 0.15) is 51.3 Å². The van der Waals surface area contributed by atoms with Gasteiger partial charge in [0, 0.05) is 12.6 Å². The zero-order valence-corrected chi connectivity index (χ0v) is 26.2. The smallest absolute Gasteiger partial charge is 0.337 e. The Kier molecular flexibility index (Phi) is 10.8. The largest absolute Gasteiger partial charge is 0.458 e. The van der Waals surface area contributed by atoms with E-state index in [0.29, 0.717) is 12.2 Å². The van der Waals surface area contributed by atoms with Crippen molar-refractivity contribution in [2.75, 3.05) is 5.75 Å². The molecule has 0 radical (unpaired) electrons. The lowest BCUT2D eigenvalue weighted by atomic mass is 9.99. The van der Waals surface area contributed by atoms with Crippen molar-refractivity contribution >= 4 is 15.8 Å². The molecule has 4 aromatic rings. The molecule has 1 heterocycles. The Morgan fingerprint density at radius 3 is 2.18 bits per heavy atom. The van der Waals surface area contributed by atoms with Gasteiger partial charge < -0.3 is 9.84 Å². The molecule has 10 nitrogen and oxygen atoms in total. The molecular weight excluding hydrogens is 578 g/mol. The number of tetrazole rings is 1. The Hall–Kier alpha value is -4.19. The Balaban J connectivity index is 1.63. The maximum Gasteiger partial charge on any atom is 0.337 e. The first-order valence-corrected chi connectivity index (χ1v) is 16.1. The van der Waals surface area contributed by atoms with Gasteiger partial charge in [0.25, 0.3) is 5.16 Å². The van der Waals surface area contributed by atoms with E-state index in [2.05, 4.69) is 15.5 Å². The van der Waals surface area contributed by atoms with Crippen molar-refractivity contribution in [3.05, 3.63) is 114 Å². The number of aliphatic hydroxyl groups excluding tert-OH is 1. The normalized spacial score (nSPS) is 14.4. The van der Waals surface area contributed by atoms with Gasteiger partial charge >= 0.3 is 5.97 Å². The van der Waals surface area contributed by atoms with Gasteiger partial charge in [0.05, 0.1) is 17.5 Å². The number of rotatable bonds is 13. The number of benzene rings is 3. The van der Waals surface area contributed by atoms with Crippen LogP contribution in [0.5, 0.6) is 0 Å². The molecule has 0 bridgehead atoms. The fourth-order valence-corrected chi connectivity index (χ4v) is 5.97. The summed E-state index contributed by atoms with van der Waals surface area (Å²) >= 11 is 0. The van der Waals surface area contributed by atoms with Crippen LogP contribution in [0.3, 0.4) is 0 Å². The molecule has 0 aliphatic rings. The third kappa shape index (κ3) is 8.68. The van der Waals surface area contributed by atoms with Crippen molar-refractivity contribution in [1.29, 1.82) is 0 Å². The van der Waals surface area contributed by atoms with Crippen LogP contribution in [0.15, 0.2) is 108 Å². The standard InChI is InChI=1S/C33H39N5O5S/c1-25(27-18-10-6-11-19-27)37(24-26-16-8-5-9-17-26)29(30(39)31(40)43-33(2,3)4)22-14-15-23-44(41,42)32-34-35-36-38(32)28-20-12-7-13-21-28/h5-14,16-22,25,29-30,39H,15,23-24H2,1-4H3/b22-14+/t25-,29-,30-/m1/s1. The molecule has 1 N–H and O–H groups in total. The van der Waals surface area contributed by atoms with Gasteiger partial charge in [0.2, 0.25) is 9.84 Å². The molecule has 232 valence electrons. The number of para-hydroxylation sites is 1. The van der Waals surface area contributed by atoms with Gasteiger partial charge in [-0.2, -0.15) is 4.68 Å². The lowest BCUT2D eigenvalue weighted by Crippen LogP contribution is -2.48. The molecule has 11 heteroatoms. The van der Waals surface area contributed by atoms with Gasteiger partial charge in [-0.05, 0) is 67.8 Å². The highest BCUT2D eigenvalue weighted by molar-refractivity contribution is 7.91. The molecule has 3 aromatic carbocycles. The molecule has 0 unspecified atom stereocenters. The molecule has 0 amide bonds. The molecule has 0 aliphatic carbocycles. The molecule has 1 aromatic heterocycles. The highest BCUT2D eigenvalue weighted by Gasteiger charge is 2.35. The first-order valence-electron chi connectivity index (χ1n) is 14.4. The number of allylic oxidation sites excluding steroid dienone is 1. The number of aliphatic hydroxyl groups is 1. The molecule has 0 aliphatic heterocycles. The molecule has 0 saturated heterocycles. The van der Waals surface area contributed by atoms with Crippen LogP contribution < -0.4 is 0 Å².